The van der Waals surface area contributed by atoms with Crippen molar-refractivity contribution < 1.29 is 9.68 Å². The quantitative estimate of drug-likeness (QED) is 0.752. The Balaban J connectivity index is 1.91. The summed E-state index contributed by atoms with van der Waals surface area (Å²) in [6.07, 6.45) is 1.70. The third-order valence-electron chi connectivity index (χ3n) is 2.99. The van der Waals surface area contributed by atoms with Crippen LogP contribution in [0, 0.1) is 0 Å². The van der Waals surface area contributed by atoms with Crippen molar-refractivity contribution in [1.29, 1.82) is 0 Å². The van der Waals surface area contributed by atoms with Gasteiger partial charge in [-0.15, -0.1) is 0 Å². The molecule has 0 bridgehead atoms. The van der Waals surface area contributed by atoms with Crippen LogP contribution in [0.3, 0.4) is 0 Å². The van der Waals surface area contributed by atoms with E-state index < -0.39 is 7.12 Å². The van der Waals surface area contributed by atoms with Gasteiger partial charge >= 0.3 is 7.12 Å². The molecule has 3 nitrogen and oxygen atoms in total. The average molecular weight is 284 g/mol. The topological polar surface area (TPSA) is 42.4 Å². The molecule has 2 aromatic carbocycles. The Kier molecular flexibility index (Phi) is 3.59. The maximum atomic E-state index is 10.1. The predicted octanol–water partition coefficient (Wildman–Crippen LogP) is 2.65. The molecule has 98 valence electrons. The second-order valence-electron chi connectivity index (χ2n) is 4.35. The number of nitrogens with zero attached hydrogens (tertiary/aromatic N) is 1. The van der Waals surface area contributed by atoms with E-state index >= 15 is 0 Å². The predicted molar refractivity (Wildman–Crippen MR) is 81.4 cm³/mol. The van der Waals surface area contributed by atoms with Gasteiger partial charge in [-0.05, 0) is 29.7 Å². The first-order chi connectivity index (χ1) is 9.74. The molecule has 1 heterocycles. The summed E-state index contributed by atoms with van der Waals surface area (Å²) in [6, 6.07) is 16.3. The van der Waals surface area contributed by atoms with Crippen molar-refractivity contribution in [2.75, 3.05) is 0 Å². The van der Waals surface area contributed by atoms with Crippen molar-refractivity contribution in [1.82, 2.24) is 4.98 Å². The van der Waals surface area contributed by atoms with E-state index in [1.165, 1.54) is 0 Å². The highest BCUT2D eigenvalue weighted by molar-refractivity contribution is 6.60. The molecule has 0 aliphatic rings. The fraction of sp³-hybridized carbons (Fsp3) is 0. The van der Waals surface area contributed by atoms with Crippen LogP contribution in [-0.4, -0.2) is 17.1 Å². The van der Waals surface area contributed by atoms with Crippen molar-refractivity contribution in [3.63, 3.8) is 0 Å². The highest BCUT2D eigenvalue weighted by Gasteiger charge is 2.19. The van der Waals surface area contributed by atoms with Crippen LogP contribution in [0.2, 0.25) is 5.02 Å². The van der Waals surface area contributed by atoms with Crippen molar-refractivity contribution in [3.05, 3.63) is 65.8 Å². The van der Waals surface area contributed by atoms with Crippen LogP contribution < -0.4 is 10.1 Å². The molecule has 3 rings (SSSR count). The number of rotatable bonds is 3. The van der Waals surface area contributed by atoms with Gasteiger partial charge in [0.25, 0.3) is 0 Å². The van der Waals surface area contributed by atoms with E-state index in [-0.39, 0.29) is 0 Å². The molecule has 0 amide bonds. The van der Waals surface area contributed by atoms with E-state index in [4.69, 9.17) is 16.3 Å². The molecule has 0 saturated heterocycles. The summed E-state index contributed by atoms with van der Waals surface area (Å²) in [6.45, 7) is 0. The zero-order valence-electron chi connectivity index (χ0n) is 10.5. The molecule has 3 aromatic rings. The lowest BCUT2D eigenvalue weighted by Gasteiger charge is -2.11. The Bertz CT molecular complexity index is 728. The summed E-state index contributed by atoms with van der Waals surface area (Å²) in [5.74, 6) is 0.547. The third kappa shape index (κ3) is 2.62. The van der Waals surface area contributed by atoms with Crippen molar-refractivity contribution >= 4 is 35.1 Å². The summed E-state index contributed by atoms with van der Waals surface area (Å²) in [5, 5.41) is 11.7. The fourth-order valence-electron chi connectivity index (χ4n) is 1.99. The van der Waals surface area contributed by atoms with Gasteiger partial charge in [-0.2, -0.15) is 0 Å². The molecule has 0 fully saturated rings. The largest absolute Gasteiger partial charge is 0.560 e. The number of benzene rings is 2. The molecular formula is C15H11BClNO2. The van der Waals surface area contributed by atoms with Crippen LogP contribution in [0.25, 0.3) is 10.9 Å². The Morgan fingerprint density at radius 3 is 2.55 bits per heavy atom. The van der Waals surface area contributed by atoms with Gasteiger partial charge in [0.05, 0.1) is 0 Å². The molecule has 0 aliphatic carbocycles. The molecule has 0 saturated carbocycles. The van der Waals surface area contributed by atoms with Gasteiger partial charge in [-0.25, -0.2) is 0 Å². The Labute approximate surface area is 121 Å². The minimum absolute atomic E-state index is 0.547. The van der Waals surface area contributed by atoms with Gasteiger partial charge in [0.1, 0.15) is 11.3 Å². The summed E-state index contributed by atoms with van der Waals surface area (Å²) >= 11 is 5.82. The normalized spacial score (nSPS) is 10.5. The summed E-state index contributed by atoms with van der Waals surface area (Å²) < 4.78 is 5.60. The first kappa shape index (κ1) is 13.0. The molecule has 0 atom stereocenters. The second-order valence-corrected chi connectivity index (χ2v) is 4.79. The molecule has 1 N–H and O–H groups in total. The molecular weight excluding hydrogens is 272 g/mol. The highest BCUT2D eigenvalue weighted by Crippen LogP contribution is 2.23. The van der Waals surface area contributed by atoms with E-state index in [1.807, 2.05) is 24.3 Å². The summed E-state index contributed by atoms with van der Waals surface area (Å²) in [4.78, 5) is 4.28. The van der Waals surface area contributed by atoms with Crippen molar-refractivity contribution in [2.24, 2.45) is 0 Å². The Morgan fingerprint density at radius 1 is 1.00 bits per heavy atom. The lowest BCUT2D eigenvalue weighted by Crippen LogP contribution is -2.36. The monoisotopic (exact) mass is 283 g/mol. The van der Waals surface area contributed by atoms with E-state index in [9.17, 15) is 5.02 Å². The van der Waals surface area contributed by atoms with Gasteiger partial charge in [-0.1, -0.05) is 41.9 Å². The molecule has 0 spiro atoms. The van der Waals surface area contributed by atoms with E-state index in [0.29, 0.717) is 16.2 Å². The van der Waals surface area contributed by atoms with Crippen LogP contribution in [0.4, 0.5) is 0 Å². The van der Waals surface area contributed by atoms with Gasteiger partial charge in [-0.3, -0.25) is 4.98 Å². The maximum absolute atomic E-state index is 10.1. The summed E-state index contributed by atoms with van der Waals surface area (Å²) in [5.41, 5.74) is 1.37. The van der Waals surface area contributed by atoms with E-state index in [0.717, 1.165) is 10.9 Å². The van der Waals surface area contributed by atoms with Crippen molar-refractivity contribution in [3.8, 4) is 5.75 Å². The zero-order valence-corrected chi connectivity index (χ0v) is 11.3. The molecule has 1 aromatic heterocycles. The van der Waals surface area contributed by atoms with Crippen LogP contribution in [0.1, 0.15) is 0 Å². The van der Waals surface area contributed by atoms with E-state index in [2.05, 4.69) is 4.98 Å². The second kappa shape index (κ2) is 5.53. The molecule has 0 unspecified atom stereocenters. The number of hydrogen-bond donors (Lipinski definition) is 1. The minimum atomic E-state index is -1.06. The van der Waals surface area contributed by atoms with Gasteiger partial charge in [0.2, 0.25) is 0 Å². The number of para-hydroxylation sites is 1. The first-order valence-corrected chi connectivity index (χ1v) is 6.56. The number of hydrogen-bond acceptors (Lipinski definition) is 3. The standard InChI is InChI=1S/C15H11BClNO2/c17-13-8-6-12(7-9-13)16(19)20-14-5-1-3-11-4-2-10-18-15(11)14/h1-10,19H. The Morgan fingerprint density at radius 2 is 1.75 bits per heavy atom. The number of fused-ring (bicyclic) bond motifs is 1. The lowest BCUT2D eigenvalue weighted by atomic mass is 9.79. The zero-order chi connectivity index (χ0) is 13.9. The van der Waals surface area contributed by atoms with Crippen molar-refractivity contribution in [2.45, 2.75) is 0 Å². The molecule has 0 aliphatic heterocycles. The van der Waals surface area contributed by atoms with Crippen LogP contribution in [0.15, 0.2) is 60.8 Å². The number of pyridine rings is 1. The van der Waals surface area contributed by atoms with E-state index in [1.54, 1.807) is 36.5 Å². The molecule has 5 heteroatoms. The van der Waals surface area contributed by atoms with Gasteiger partial charge < -0.3 is 9.68 Å². The van der Waals surface area contributed by atoms with Crippen LogP contribution in [0.5, 0.6) is 5.75 Å². The molecule has 20 heavy (non-hydrogen) atoms. The van der Waals surface area contributed by atoms with Crippen LogP contribution in [-0.2, 0) is 0 Å². The number of aromatic nitrogens is 1. The van der Waals surface area contributed by atoms with Gasteiger partial charge in [0, 0.05) is 16.6 Å². The lowest BCUT2D eigenvalue weighted by molar-refractivity contribution is 0.435. The smallest absolute Gasteiger partial charge is 0.531 e. The number of halogens is 1. The first-order valence-electron chi connectivity index (χ1n) is 6.18. The minimum Gasteiger partial charge on any atom is -0.531 e. The van der Waals surface area contributed by atoms with Crippen LogP contribution >= 0.6 is 11.6 Å². The van der Waals surface area contributed by atoms with Gasteiger partial charge in [0.15, 0.2) is 0 Å². The SMILES string of the molecule is OB(Oc1cccc2cccnc12)c1ccc(Cl)cc1. The summed E-state index contributed by atoms with van der Waals surface area (Å²) in [7, 11) is -1.06. The fourth-order valence-corrected chi connectivity index (χ4v) is 2.11. The Hall–Kier alpha value is -2.04. The molecule has 0 radical (unpaired) electrons. The maximum Gasteiger partial charge on any atom is 0.560 e. The third-order valence-corrected chi connectivity index (χ3v) is 3.24. The highest BCUT2D eigenvalue weighted by atomic mass is 35.5. The average Bonchev–Trinajstić information content (AvgIpc) is 2.48.